The van der Waals surface area contributed by atoms with Crippen LogP contribution in [0.5, 0.6) is 5.75 Å². The molecule has 0 atom stereocenters. The maximum atomic E-state index is 12.4. The molecule has 0 radical (unpaired) electrons. The lowest BCUT2D eigenvalue weighted by Crippen LogP contribution is -2.44. The Morgan fingerprint density at radius 2 is 2.00 bits per heavy atom. The number of carbonyl (C=O) groups excluding carboxylic acids is 2. The summed E-state index contributed by atoms with van der Waals surface area (Å²) in [4.78, 5) is 39.7. The number of carbonyl (C=O) groups is 2. The molecule has 0 aliphatic carbocycles. The first kappa shape index (κ1) is 17.3. The van der Waals surface area contributed by atoms with Crippen LogP contribution in [0.15, 0.2) is 30.3 Å². The maximum absolute atomic E-state index is 12.4. The summed E-state index contributed by atoms with van der Waals surface area (Å²) in [5.74, 6) is -1.19. The van der Waals surface area contributed by atoms with Gasteiger partial charge in [0.25, 0.3) is 11.7 Å². The van der Waals surface area contributed by atoms with Gasteiger partial charge in [0.05, 0.1) is 0 Å². The van der Waals surface area contributed by atoms with Gasteiger partial charge in [-0.15, -0.1) is 0 Å². The number of nitrogens with zero attached hydrogens (tertiary/aromatic N) is 3. The van der Waals surface area contributed by atoms with Crippen molar-refractivity contribution in [2.75, 3.05) is 23.4 Å². The third kappa shape index (κ3) is 3.61. The van der Waals surface area contributed by atoms with Gasteiger partial charge in [-0.3, -0.25) is 14.5 Å². The first-order valence-corrected chi connectivity index (χ1v) is 7.80. The summed E-state index contributed by atoms with van der Waals surface area (Å²) in [7, 11) is 0. The van der Waals surface area contributed by atoms with Crippen molar-refractivity contribution in [3.63, 3.8) is 0 Å². The average Bonchev–Trinajstić information content (AvgIpc) is 2.56. The first-order valence-electron chi connectivity index (χ1n) is 7.80. The Kier molecular flexibility index (Phi) is 4.53. The number of hydrogen-bond acceptors (Lipinski definition) is 6. The van der Waals surface area contributed by atoms with Crippen LogP contribution in [0.1, 0.15) is 11.1 Å². The van der Waals surface area contributed by atoms with Crippen molar-refractivity contribution in [2.45, 2.75) is 13.8 Å². The van der Waals surface area contributed by atoms with Crippen LogP contribution in [0.2, 0.25) is 0 Å². The lowest BCUT2D eigenvalue weighted by molar-refractivity contribution is -0.389. The van der Waals surface area contributed by atoms with Gasteiger partial charge in [-0.2, -0.15) is 0 Å². The Morgan fingerprint density at radius 1 is 1.31 bits per heavy atom. The average molecular weight is 356 g/mol. The minimum absolute atomic E-state index is 0.0361. The molecule has 26 heavy (non-hydrogen) atoms. The van der Waals surface area contributed by atoms with Crippen molar-refractivity contribution in [1.82, 2.24) is 4.98 Å². The number of nitro groups is 1. The number of rotatable bonds is 4. The Hall–Kier alpha value is -3.49. The summed E-state index contributed by atoms with van der Waals surface area (Å²) < 4.78 is 5.22. The number of aromatic nitrogens is 1. The van der Waals surface area contributed by atoms with Crippen molar-refractivity contribution < 1.29 is 19.2 Å². The Morgan fingerprint density at radius 3 is 2.65 bits per heavy atom. The second-order valence-corrected chi connectivity index (χ2v) is 5.94. The minimum atomic E-state index is -0.673. The lowest BCUT2D eigenvalue weighted by atomic mass is 10.1. The number of anilines is 2. The monoisotopic (exact) mass is 356 g/mol. The minimum Gasteiger partial charge on any atom is -0.477 e. The van der Waals surface area contributed by atoms with Gasteiger partial charge < -0.3 is 20.2 Å². The van der Waals surface area contributed by atoms with Crippen molar-refractivity contribution >= 4 is 29.1 Å². The van der Waals surface area contributed by atoms with Crippen molar-refractivity contribution in [3.8, 4) is 5.75 Å². The second kappa shape index (κ2) is 6.79. The molecule has 2 amide bonds. The molecular formula is C17H16N4O5. The molecule has 3 rings (SSSR count). The molecule has 0 bridgehead atoms. The third-order valence-electron chi connectivity index (χ3n) is 3.73. The molecule has 0 saturated carbocycles. The standard InChI is InChI=1S/C17H16N4O5/c1-10-5-11(2)7-12(6-10)18-15(22)8-20-16(23)9-26-13-3-4-14(21(24)25)19-17(13)20/h3-7H,8-9H2,1-2H3,(H,18,22). The van der Waals surface area contributed by atoms with E-state index in [1.807, 2.05) is 32.0 Å². The maximum Gasteiger partial charge on any atom is 0.366 e. The quantitative estimate of drug-likeness (QED) is 0.661. The Balaban J connectivity index is 1.83. The van der Waals surface area contributed by atoms with Gasteiger partial charge in [-0.05, 0) is 53.1 Å². The highest BCUT2D eigenvalue weighted by molar-refractivity contribution is 6.04. The molecule has 1 aliphatic rings. The van der Waals surface area contributed by atoms with Crippen molar-refractivity contribution in [2.24, 2.45) is 0 Å². The fourth-order valence-electron chi connectivity index (χ4n) is 2.72. The van der Waals surface area contributed by atoms with Crippen LogP contribution in [0.3, 0.4) is 0 Å². The predicted octanol–water partition coefficient (Wildman–Crippen LogP) is 1.97. The predicted molar refractivity (Wildman–Crippen MR) is 93.3 cm³/mol. The van der Waals surface area contributed by atoms with Gasteiger partial charge >= 0.3 is 5.82 Å². The highest BCUT2D eigenvalue weighted by Gasteiger charge is 2.33. The number of hydrogen-bond donors (Lipinski definition) is 1. The molecule has 1 aromatic carbocycles. The number of amides is 2. The molecule has 0 unspecified atom stereocenters. The zero-order valence-corrected chi connectivity index (χ0v) is 14.2. The van der Waals surface area contributed by atoms with Crippen LogP contribution < -0.4 is 15.0 Å². The van der Waals surface area contributed by atoms with E-state index in [2.05, 4.69) is 10.3 Å². The van der Waals surface area contributed by atoms with Crippen LogP contribution in [-0.2, 0) is 9.59 Å². The number of aryl methyl sites for hydroxylation is 2. The van der Waals surface area contributed by atoms with Gasteiger partial charge in [0.2, 0.25) is 5.91 Å². The highest BCUT2D eigenvalue weighted by atomic mass is 16.6. The van der Waals surface area contributed by atoms with Gasteiger partial charge in [-0.25, -0.2) is 0 Å². The SMILES string of the molecule is Cc1cc(C)cc(NC(=O)CN2C(=O)COc3ccc([N+](=O)[O-])nc32)c1. The smallest absolute Gasteiger partial charge is 0.366 e. The van der Waals surface area contributed by atoms with Crippen LogP contribution >= 0.6 is 0 Å². The molecule has 1 aromatic heterocycles. The van der Waals surface area contributed by atoms with E-state index in [9.17, 15) is 19.7 Å². The van der Waals surface area contributed by atoms with Crippen LogP contribution in [0.25, 0.3) is 0 Å². The molecule has 9 nitrogen and oxygen atoms in total. The topological polar surface area (TPSA) is 115 Å². The van der Waals surface area contributed by atoms with E-state index in [1.165, 1.54) is 12.1 Å². The summed E-state index contributed by atoms with van der Waals surface area (Å²) in [6, 6.07) is 8.14. The normalized spacial score (nSPS) is 13.0. The van der Waals surface area contributed by atoms with Gasteiger partial charge in [0.15, 0.2) is 12.4 Å². The zero-order valence-electron chi connectivity index (χ0n) is 14.2. The number of ether oxygens (including phenoxy) is 1. The summed E-state index contributed by atoms with van der Waals surface area (Å²) >= 11 is 0. The molecule has 134 valence electrons. The van der Waals surface area contributed by atoms with E-state index in [-0.39, 0.29) is 24.7 Å². The molecule has 0 saturated heterocycles. The van der Waals surface area contributed by atoms with Gasteiger partial charge in [0, 0.05) is 11.8 Å². The number of benzene rings is 1. The zero-order chi connectivity index (χ0) is 18.8. The second-order valence-electron chi connectivity index (χ2n) is 5.94. The first-order chi connectivity index (χ1) is 12.3. The number of nitrogens with one attached hydrogen (secondary N) is 1. The fourth-order valence-corrected chi connectivity index (χ4v) is 2.72. The van der Waals surface area contributed by atoms with E-state index >= 15 is 0 Å². The summed E-state index contributed by atoms with van der Waals surface area (Å²) in [6.07, 6.45) is 0. The van der Waals surface area contributed by atoms with E-state index in [1.54, 1.807) is 0 Å². The van der Waals surface area contributed by atoms with Crippen LogP contribution in [0, 0.1) is 24.0 Å². The highest BCUT2D eigenvalue weighted by Crippen LogP contribution is 2.31. The van der Waals surface area contributed by atoms with Crippen molar-refractivity contribution in [3.05, 3.63) is 51.6 Å². The summed E-state index contributed by atoms with van der Waals surface area (Å²) in [5.41, 5.74) is 2.59. The number of fused-ring (bicyclic) bond motifs is 1. The molecule has 0 spiro atoms. The van der Waals surface area contributed by atoms with Gasteiger partial charge in [0.1, 0.15) is 6.54 Å². The van der Waals surface area contributed by atoms with Gasteiger partial charge in [-0.1, -0.05) is 6.07 Å². The molecular weight excluding hydrogens is 340 g/mol. The fraction of sp³-hybridized carbons (Fsp3) is 0.235. The molecule has 0 fully saturated rings. The molecule has 1 N–H and O–H groups in total. The Bertz CT molecular complexity index is 892. The molecule has 2 heterocycles. The lowest BCUT2D eigenvalue weighted by Gasteiger charge is -2.24. The van der Waals surface area contributed by atoms with E-state index in [0.29, 0.717) is 5.69 Å². The number of pyridine rings is 1. The van der Waals surface area contributed by atoms with E-state index in [0.717, 1.165) is 16.0 Å². The summed E-state index contributed by atoms with van der Waals surface area (Å²) in [5, 5.41) is 13.6. The largest absolute Gasteiger partial charge is 0.477 e. The van der Waals surface area contributed by atoms with Crippen LogP contribution in [0.4, 0.5) is 17.3 Å². The van der Waals surface area contributed by atoms with Crippen molar-refractivity contribution in [1.29, 1.82) is 0 Å². The van der Waals surface area contributed by atoms with Crippen LogP contribution in [-0.4, -0.2) is 34.9 Å². The molecule has 2 aromatic rings. The molecule has 9 heteroatoms. The molecule has 1 aliphatic heterocycles. The van der Waals surface area contributed by atoms with E-state index < -0.39 is 22.6 Å². The van der Waals surface area contributed by atoms with E-state index in [4.69, 9.17) is 4.74 Å². The summed E-state index contributed by atoms with van der Waals surface area (Å²) in [6.45, 7) is 3.24. The third-order valence-corrected chi connectivity index (χ3v) is 3.73. The Labute approximate surface area is 148 Å².